The van der Waals surface area contributed by atoms with Gasteiger partial charge in [0.25, 0.3) is 0 Å². The Morgan fingerprint density at radius 3 is 1.65 bits per heavy atom. The van der Waals surface area contributed by atoms with E-state index in [2.05, 4.69) is 4.74 Å². The van der Waals surface area contributed by atoms with E-state index in [0.29, 0.717) is 12.2 Å². The fourth-order valence-electron chi connectivity index (χ4n) is 0.409. The predicted octanol–water partition coefficient (Wildman–Crippen LogP) is 4.69. The van der Waals surface area contributed by atoms with Crippen LogP contribution in [0.5, 0.6) is 0 Å². The van der Waals surface area contributed by atoms with Crippen molar-refractivity contribution in [3.63, 3.8) is 0 Å². The molecule has 0 N–H and O–H groups in total. The molecule has 0 amide bonds. The van der Waals surface area contributed by atoms with Crippen molar-refractivity contribution >= 4 is 23.5 Å². The normalized spacial score (nSPS) is 6.00. The zero-order valence-electron chi connectivity index (χ0n) is 6.75. The number of rotatable bonds is 5. The van der Waals surface area contributed by atoms with E-state index in [1.807, 2.05) is 0 Å². The standard InChI is InChI=1S/C7H12O3S.6CH4/c1-3-6(8)4-11-5-7(9)10-2;;;;;;/h3-5H2,1-2H3;6*1H4. The lowest BCUT2D eigenvalue weighted by Gasteiger charge is -1.97. The summed E-state index contributed by atoms with van der Waals surface area (Å²) < 4.78 is 4.39. The average molecular weight is 272 g/mol. The molecule has 0 radical (unpaired) electrons. The molecule has 112 valence electrons. The van der Waals surface area contributed by atoms with Gasteiger partial charge in [0.05, 0.1) is 18.6 Å². The molecule has 0 atom stereocenters. The highest BCUT2D eigenvalue weighted by Crippen LogP contribution is 2.01. The molecule has 0 saturated heterocycles. The number of thioether (sulfide) groups is 1. The molecule has 0 fully saturated rings. The Kier molecular flexibility index (Phi) is 76.4. The minimum absolute atomic E-state index is 0. The van der Waals surface area contributed by atoms with Gasteiger partial charge in [0.2, 0.25) is 0 Å². The maximum absolute atomic E-state index is 10.7. The number of hydrogen-bond donors (Lipinski definition) is 0. The minimum Gasteiger partial charge on any atom is -0.468 e. The maximum atomic E-state index is 10.7. The Balaban J connectivity index is -0.0000000333. The molecule has 0 spiro atoms. The molecule has 17 heavy (non-hydrogen) atoms. The van der Waals surface area contributed by atoms with Crippen molar-refractivity contribution in [3.05, 3.63) is 0 Å². The summed E-state index contributed by atoms with van der Waals surface area (Å²) in [5.41, 5.74) is 0. The number of hydrogen-bond acceptors (Lipinski definition) is 4. The second kappa shape index (κ2) is 29.6. The zero-order valence-corrected chi connectivity index (χ0v) is 7.57. The third-order valence-corrected chi connectivity index (χ3v) is 2.07. The lowest BCUT2D eigenvalue weighted by molar-refractivity contribution is -0.137. The molecule has 0 aliphatic heterocycles. The lowest BCUT2D eigenvalue weighted by atomic mass is 10.4. The second-order valence-electron chi connectivity index (χ2n) is 1.96. The van der Waals surface area contributed by atoms with E-state index in [1.165, 1.54) is 18.9 Å². The topological polar surface area (TPSA) is 43.4 Å². The Hall–Kier alpha value is -0.510. The van der Waals surface area contributed by atoms with E-state index in [4.69, 9.17) is 0 Å². The molecule has 0 aromatic carbocycles. The zero-order chi connectivity index (χ0) is 8.69. The first-order chi connectivity index (χ1) is 5.20. The van der Waals surface area contributed by atoms with Crippen LogP contribution in [0.4, 0.5) is 0 Å². The van der Waals surface area contributed by atoms with E-state index < -0.39 is 0 Å². The highest BCUT2D eigenvalue weighted by atomic mass is 32.2. The van der Waals surface area contributed by atoms with Gasteiger partial charge in [-0.05, 0) is 0 Å². The summed E-state index contributed by atoms with van der Waals surface area (Å²) >= 11 is 1.29. The largest absolute Gasteiger partial charge is 0.468 e. The van der Waals surface area contributed by atoms with Crippen molar-refractivity contribution in [3.8, 4) is 0 Å². The third kappa shape index (κ3) is 31.3. The predicted molar refractivity (Wildman–Crippen MR) is 85.0 cm³/mol. The maximum Gasteiger partial charge on any atom is 0.315 e. The van der Waals surface area contributed by atoms with Gasteiger partial charge < -0.3 is 4.74 Å². The van der Waals surface area contributed by atoms with Crippen LogP contribution < -0.4 is 0 Å². The van der Waals surface area contributed by atoms with Crippen molar-refractivity contribution in [2.45, 2.75) is 57.9 Å². The van der Waals surface area contributed by atoms with E-state index in [9.17, 15) is 9.59 Å². The molecule has 4 heteroatoms. The molecule has 0 aromatic heterocycles. The highest BCUT2D eigenvalue weighted by Gasteiger charge is 2.02. The SMILES string of the molecule is C.C.C.C.C.C.CCC(=O)CSCC(=O)OC. The fourth-order valence-corrected chi connectivity index (χ4v) is 1.23. The molecule has 0 unspecified atom stereocenters. The summed E-state index contributed by atoms with van der Waals surface area (Å²) in [5, 5.41) is 0. The number of ketones is 1. The molecule has 0 aliphatic rings. The first-order valence-corrected chi connectivity index (χ1v) is 4.52. The molecule has 0 aromatic rings. The quantitative estimate of drug-likeness (QED) is 0.681. The molecule has 0 aliphatic carbocycles. The number of ether oxygens (including phenoxy) is 1. The van der Waals surface area contributed by atoms with Crippen LogP contribution in [0.15, 0.2) is 0 Å². The number of carbonyl (C=O) groups excluding carboxylic acids is 2. The fraction of sp³-hybridized carbons (Fsp3) is 0.846. The summed E-state index contributed by atoms with van der Waals surface area (Å²) in [6.07, 6.45) is 0.536. The van der Waals surface area contributed by atoms with Crippen LogP contribution in [-0.4, -0.2) is 30.4 Å². The van der Waals surface area contributed by atoms with Crippen molar-refractivity contribution in [1.29, 1.82) is 0 Å². The van der Waals surface area contributed by atoms with Gasteiger partial charge in [0.1, 0.15) is 5.78 Å². The first-order valence-electron chi connectivity index (χ1n) is 3.37. The molecular weight excluding hydrogens is 236 g/mol. The smallest absolute Gasteiger partial charge is 0.315 e. The Bertz CT molecular complexity index is 132. The monoisotopic (exact) mass is 272 g/mol. The van der Waals surface area contributed by atoms with Crippen LogP contribution in [0.2, 0.25) is 0 Å². The van der Waals surface area contributed by atoms with Gasteiger partial charge in [-0.3, -0.25) is 9.59 Å². The van der Waals surface area contributed by atoms with E-state index in [-0.39, 0.29) is 62.1 Å². The molecule has 3 nitrogen and oxygen atoms in total. The van der Waals surface area contributed by atoms with Crippen LogP contribution in [0, 0.1) is 0 Å². The van der Waals surface area contributed by atoms with Gasteiger partial charge in [0.15, 0.2) is 0 Å². The molecule has 0 rings (SSSR count). The Morgan fingerprint density at radius 1 is 0.941 bits per heavy atom. The third-order valence-electron chi connectivity index (χ3n) is 1.10. The highest BCUT2D eigenvalue weighted by molar-refractivity contribution is 8.00. The summed E-state index contributed by atoms with van der Waals surface area (Å²) in [6.45, 7) is 1.81. The van der Waals surface area contributed by atoms with Gasteiger partial charge in [-0.15, -0.1) is 11.8 Å². The molecule has 0 saturated carbocycles. The number of Topliss-reactive ketones (excluding diaryl/α,β-unsaturated/α-hetero) is 1. The molecule has 0 heterocycles. The lowest BCUT2D eigenvalue weighted by Crippen LogP contribution is -2.06. The van der Waals surface area contributed by atoms with E-state index in [0.717, 1.165) is 0 Å². The second-order valence-corrected chi connectivity index (χ2v) is 2.95. The summed E-state index contributed by atoms with van der Waals surface area (Å²) in [4.78, 5) is 21.2. The van der Waals surface area contributed by atoms with Crippen molar-refractivity contribution in [2.24, 2.45) is 0 Å². The van der Waals surface area contributed by atoms with Crippen LogP contribution >= 0.6 is 11.8 Å². The summed E-state index contributed by atoms with van der Waals surface area (Å²) in [5.74, 6) is 0.561. The van der Waals surface area contributed by atoms with E-state index >= 15 is 0 Å². The van der Waals surface area contributed by atoms with Crippen molar-refractivity contribution in [2.75, 3.05) is 18.6 Å². The number of carbonyl (C=O) groups is 2. The van der Waals surface area contributed by atoms with Crippen LogP contribution in [0.3, 0.4) is 0 Å². The van der Waals surface area contributed by atoms with E-state index in [1.54, 1.807) is 6.92 Å². The minimum atomic E-state index is -0.279. The molecular formula is C13H36O3S. The first kappa shape index (κ1) is 43.9. The number of esters is 1. The summed E-state index contributed by atoms with van der Waals surface area (Å²) in [7, 11) is 1.34. The summed E-state index contributed by atoms with van der Waals surface area (Å²) in [6, 6.07) is 0. The van der Waals surface area contributed by atoms with Crippen molar-refractivity contribution in [1.82, 2.24) is 0 Å². The average Bonchev–Trinajstić information content (AvgIpc) is 2.04. The van der Waals surface area contributed by atoms with Gasteiger partial charge >= 0.3 is 5.97 Å². The van der Waals surface area contributed by atoms with Crippen LogP contribution in [0.1, 0.15) is 57.9 Å². The van der Waals surface area contributed by atoms with Crippen molar-refractivity contribution < 1.29 is 14.3 Å². The number of methoxy groups -OCH3 is 1. The van der Waals surface area contributed by atoms with Crippen LogP contribution in [-0.2, 0) is 14.3 Å². The van der Waals surface area contributed by atoms with Gasteiger partial charge in [0, 0.05) is 6.42 Å². The van der Waals surface area contributed by atoms with Gasteiger partial charge in [-0.2, -0.15) is 0 Å². The Morgan fingerprint density at radius 2 is 1.35 bits per heavy atom. The van der Waals surface area contributed by atoms with Gasteiger partial charge in [-0.25, -0.2) is 0 Å². The Labute approximate surface area is 115 Å². The van der Waals surface area contributed by atoms with Crippen LogP contribution in [0.25, 0.3) is 0 Å². The molecule has 0 bridgehead atoms. The van der Waals surface area contributed by atoms with Gasteiger partial charge in [-0.1, -0.05) is 51.5 Å².